The number of hydrogen-bond donors (Lipinski definition) is 1. The molecule has 2 amide bonds. The van der Waals surface area contributed by atoms with Gasteiger partial charge in [0, 0.05) is 13.6 Å². The van der Waals surface area contributed by atoms with Crippen LogP contribution in [0.5, 0.6) is 0 Å². The van der Waals surface area contributed by atoms with Gasteiger partial charge in [0.25, 0.3) is 0 Å². The van der Waals surface area contributed by atoms with Crippen LogP contribution in [0.25, 0.3) is 0 Å². The van der Waals surface area contributed by atoms with Gasteiger partial charge < -0.3 is 10.2 Å². The van der Waals surface area contributed by atoms with Crippen molar-refractivity contribution in [3.8, 4) is 6.07 Å². The summed E-state index contributed by atoms with van der Waals surface area (Å²) in [6.07, 6.45) is 2.06. The number of carbonyl (C=O) groups excluding carboxylic acids is 1. The molecule has 0 saturated heterocycles. The maximum absolute atomic E-state index is 11.1. The van der Waals surface area contributed by atoms with Crippen LogP contribution in [-0.4, -0.2) is 31.1 Å². The van der Waals surface area contributed by atoms with Crippen LogP contribution in [-0.2, 0) is 0 Å². The van der Waals surface area contributed by atoms with E-state index in [4.69, 9.17) is 5.26 Å². The highest BCUT2D eigenvalue weighted by molar-refractivity contribution is 5.73. The number of urea groups is 1. The summed E-state index contributed by atoms with van der Waals surface area (Å²) in [4.78, 5) is 12.7. The maximum atomic E-state index is 11.1. The smallest absolute Gasteiger partial charge is 0.317 e. The Kier molecular flexibility index (Phi) is 5.80. The first kappa shape index (κ1) is 10.8. The van der Waals surface area contributed by atoms with Crippen LogP contribution >= 0.6 is 0 Å². The second-order valence-corrected chi connectivity index (χ2v) is 2.59. The van der Waals surface area contributed by atoms with Gasteiger partial charge in [0.05, 0.1) is 6.07 Å². The number of nitrogens with one attached hydrogen (secondary N) is 1. The minimum Gasteiger partial charge on any atom is -0.328 e. The summed E-state index contributed by atoms with van der Waals surface area (Å²) in [5, 5.41) is 10.7. The van der Waals surface area contributed by atoms with Gasteiger partial charge in [-0.3, -0.25) is 0 Å². The van der Waals surface area contributed by atoms with Crippen molar-refractivity contribution in [3.63, 3.8) is 0 Å². The zero-order chi connectivity index (χ0) is 9.40. The SMILES string of the molecule is CCCCN(C)C(=O)NCC#N. The van der Waals surface area contributed by atoms with Crippen LogP contribution < -0.4 is 5.32 Å². The quantitative estimate of drug-likeness (QED) is 0.637. The zero-order valence-electron chi connectivity index (χ0n) is 7.63. The largest absolute Gasteiger partial charge is 0.328 e. The van der Waals surface area contributed by atoms with Crippen molar-refractivity contribution in [2.24, 2.45) is 0 Å². The second-order valence-electron chi connectivity index (χ2n) is 2.59. The van der Waals surface area contributed by atoms with E-state index in [0.717, 1.165) is 19.4 Å². The lowest BCUT2D eigenvalue weighted by atomic mass is 10.3. The Morgan fingerprint density at radius 2 is 2.33 bits per heavy atom. The van der Waals surface area contributed by atoms with Crippen LogP contribution in [0.3, 0.4) is 0 Å². The van der Waals surface area contributed by atoms with Gasteiger partial charge in [-0.2, -0.15) is 5.26 Å². The summed E-state index contributed by atoms with van der Waals surface area (Å²) in [7, 11) is 1.72. The van der Waals surface area contributed by atoms with Crippen LogP contribution in [0.1, 0.15) is 19.8 Å². The highest BCUT2D eigenvalue weighted by atomic mass is 16.2. The maximum Gasteiger partial charge on any atom is 0.317 e. The van der Waals surface area contributed by atoms with Gasteiger partial charge in [-0.25, -0.2) is 4.79 Å². The fraction of sp³-hybridized carbons (Fsp3) is 0.750. The summed E-state index contributed by atoms with van der Waals surface area (Å²) >= 11 is 0. The molecule has 12 heavy (non-hydrogen) atoms. The Morgan fingerprint density at radius 3 is 2.83 bits per heavy atom. The average Bonchev–Trinajstić information content (AvgIpc) is 2.10. The molecular weight excluding hydrogens is 154 g/mol. The molecule has 4 heteroatoms. The van der Waals surface area contributed by atoms with Crippen LogP contribution in [0, 0.1) is 11.3 Å². The molecule has 0 atom stereocenters. The number of amides is 2. The van der Waals surface area contributed by atoms with E-state index in [-0.39, 0.29) is 12.6 Å². The van der Waals surface area contributed by atoms with Crippen molar-refractivity contribution in [2.75, 3.05) is 20.1 Å². The number of hydrogen-bond acceptors (Lipinski definition) is 2. The second kappa shape index (κ2) is 6.47. The van der Waals surface area contributed by atoms with Crippen molar-refractivity contribution >= 4 is 6.03 Å². The number of unbranched alkanes of at least 4 members (excludes halogenated alkanes) is 1. The van der Waals surface area contributed by atoms with Gasteiger partial charge in [-0.15, -0.1) is 0 Å². The molecule has 0 fully saturated rings. The molecule has 0 spiro atoms. The van der Waals surface area contributed by atoms with E-state index in [1.807, 2.05) is 6.07 Å². The van der Waals surface area contributed by atoms with E-state index in [1.54, 1.807) is 11.9 Å². The van der Waals surface area contributed by atoms with Gasteiger partial charge in [-0.1, -0.05) is 13.3 Å². The third-order valence-electron chi connectivity index (χ3n) is 1.51. The molecule has 4 nitrogen and oxygen atoms in total. The lowest BCUT2D eigenvalue weighted by Crippen LogP contribution is -2.37. The van der Waals surface area contributed by atoms with E-state index < -0.39 is 0 Å². The first-order valence-corrected chi connectivity index (χ1v) is 4.08. The van der Waals surface area contributed by atoms with E-state index in [9.17, 15) is 4.79 Å². The third-order valence-corrected chi connectivity index (χ3v) is 1.51. The molecule has 1 N–H and O–H groups in total. The topological polar surface area (TPSA) is 56.1 Å². The monoisotopic (exact) mass is 169 g/mol. The first-order valence-electron chi connectivity index (χ1n) is 4.08. The Balaban J connectivity index is 3.55. The van der Waals surface area contributed by atoms with E-state index >= 15 is 0 Å². The van der Waals surface area contributed by atoms with E-state index in [0.29, 0.717) is 0 Å². The summed E-state index contributed by atoms with van der Waals surface area (Å²) in [5.41, 5.74) is 0. The molecule has 0 bridgehead atoms. The van der Waals surface area contributed by atoms with Crippen LogP contribution in [0.4, 0.5) is 4.79 Å². The summed E-state index contributed by atoms with van der Waals surface area (Å²) in [6, 6.07) is 1.68. The molecule has 0 aliphatic carbocycles. The number of nitrogens with zero attached hydrogens (tertiary/aromatic N) is 2. The molecular formula is C8H15N3O. The fourth-order valence-electron chi connectivity index (χ4n) is 0.747. The summed E-state index contributed by atoms with van der Waals surface area (Å²) in [6.45, 7) is 2.89. The zero-order valence-corrected chi connectivity index (χ0v) is 7.63. The van der Waals surface area contributed by atoms with Crippen molar-refractivity contribution < 1.29 is 4.79 Å². The molecule has 0 heterocycles. The van der Waals surface area contributed by atoms with Gasteiger partial charge >= 0.3 is 6.03 Å². The normalized spacial score (nSPS) is 8.75. The van der Waals surface area contributed by atoms with Crippen molar-refractivity contribution in [2.45, 2.75) is 19.8 Å². The predicted octanol–water partition coefficient (Wildman–Crippen LogP) is 0.951. The van der Waals surface area contributed by atoms with Gasteiger partial charge in [-0.05, 0) is 6.42 Å². The Bertz CT molecular complexity index is 174. The van der Waals surface area contributed by atoms with Gasteiger partial charge in [0.15, 0.2) is 0 Å². The molecule has 0 aromatic rings. The lowest BCUT2D eigenvalue weighted by Gasteiger charge is -2.15. The summed E-state index contributed by atoms with van der Waals surface area (Å²) in [5.74, 6) is 0. The fourth-order valence-corrected chi connectivity index (χ4v) is 0.747. The minimum atomic E-state index is -0.176. The Hall–Kier alpha value is -1.24. The molecule has 0 aromatic carbocycles. The predicted molar refractivity (Wildman–Crippen MR) is 46.5 cm³/mol. The number of rotatable bonds is 4. The first-order chi connectivity index (χ1) is 5.72. The number of nitriles is 1. The van der Waals surface area contributed by atoms with Crippen LogP contribution in [0.2, 0.25) is 0 Å². The summed E-state index contributed by atoms with van der Waals surface area (Å²) < 4.78 is 0. The highest BCUT2D eigenvalue weighted by Gasteiger charge is 2.04. The van der Waals surface area contributed by atoms with Crippen molar-refractivity contribution in [3.05, 3.63) is 0 Å². The Morgan fingerprint density at radius 1 is 1.67 bits per heavy atom. The molecule has 0 aromatic heterocycles. The van der Waals surface area contributed by atoms with Gasteiger partial charge in [0.2, 0.25) is 0 Å². The third kappa shape index (κ3) is 4.56. The van der Waals surface area contributed by atoms with Crippen molar-refractivity contribution in [1.82, 2.24) is 10.2 Å². The molecule has 0 aliphatic heterocycles. The molecule has 0 aliphatic rings. The van der Waals surface area contributed by atoms with E-state index in [1.165, 1.54) is 0 Å². The Labute approximate surface area is 73.2 Å². The lowest BCUT2D eigenvalue weighted by molar-refractivity contribution is 0.209. The molecule has 0 saturated carbocycles. The van der Waals surface area contributed by atoms with E-state index in [2.05, 4.69) is 12.2 Å². The molecule has 0 rings (SSSR count). The van der Waals surface area contributed by atoms with Gasteiger partial charge in [0.1, 0.15) is 6.54 Å². The standard InChI is InChI=1S/C8H15N3O/c1-3-4-7-11(2)8(12)10-6-5-9/h3-4,6-7H2,1-2H3,(H,10,12). The average molecular weight is 169 g/mol. The van der Waals surface area contributed by atoms with Crippen LogP contribution in [0.15, 0.2) is 0 Å². The number of carbonyl (C=O) groups is 1. The van der Waals surface area contributed by atoms with Crippen molar-refractivity contribution in [1.29, 1.82) is 5.26 Å². The molecule has 0 radical (unpaired) electrons. The molecule has 0 unspecified atom stereocenters. The molecule has 68 valence electrons. The minimum absolute atomic E-state index is 0.0787. The highest BCUT2D eigenvalue weighted by Crippen LogP contribution is 1.91.